The topological polar surface area (TPSA) is 65.6 Å². The Morgan fingerprint density at radius 2 is 0.750 bits per heavy atom. The molecule has 0 unspecified atom stereocenters. The van der Waals surface area contributed by atoms with E-state index in [1.165, 1.54) is 0 Å². The second kappa shape index (κ2) is 13.3. The predicted octanol–water partition coefficient (Wildman–Crippen LogP) is 10.3. The lowest BCUT2D eigenvalue weighted by Crippen LogP contribution is -2.21. The molecule has 0 saturated heterocycles. The van der Waals surface area contributed by atoms with Gasteiger partial charge in [0.15, 0.2) is 17.5 Å². The van der Waals surface area contributed by atoms with Crippen molar-refractivity contribution >= 4 is 11.0 Å². The Morgan fingerprint density at radius 1 is 0.327 bits per heavy atom. The van der Waals surface area contributed by atoms with Gasteiger partial charge in [-0.15, -0.1) is 0 Å². The standard InChI is InChI=1S/C46H31N5O/c52-46-50(37-19-9-3-10-20-37)41-30-29-36(31-42(41)51(46)38-21-11-4-12-22-38)32-25-27-35(28-26-32)44-47-43(34-17-7-2-8-18-34)48-45(49-44)40-24-14-13-23-39(40)33-15-5-1-6-16-33/h1-31H. The Hall–Kier alpha value is -7.18. The maximum Gasteiger partial charge on any atom is 0.338 e. The van der Waals surface area contributed by atoms with Crippen molar-refractivity contribution in [3.8, 4) is 67.8 Å². The van der Waals surface area contributed by atoms with Crippen LogP contribution in [0.25, 0.3) is 78.8 Å². The number of aromatic nitrogens is 5. The Bertz CT molecular complexity index is 2720. The summed E-state index contributed by atoms with van der Waals surface area (Å²) in [4.78, 5) is 29.0. The van der Waals surface area contributed by atoms with Crippen LogP contribution in [0.15, 0.2) is 193 Å². The van der Waals surface area contributed by atoms with Crippen molar-refractivity contribution in [1.29, 1.82) is 0 Å². The highest BCUT2D eigenvalue weighted by molar-refractivity contribution is 5.86. The monoisotopic (exact) mass is 669 g/mol. The molecule has 0 aliphatic rings. The zero-order valence-corrected chi connectivity index (χ0v) is 28.0. The molecule has 246 valence electrons. The summed E-state index contributed by atoms with van der Waals surface area (Å²) in [6.07, 6.45) is 0. The maximum atomic E-state index is 14.0. The summed E-state index contributed by atoms with van der Waals surface area (Å²) in [5, 5.41) is 0. The van der Waals surface area contributed by atoms with E-state index in [1.807, 2.05) is 127 Å². The quantitative estimate of drug-likeness (QED) is 0.169. The van der Waals surface area contributed by atoms with Crippen LogP contribution in [0.1, 0.15) is 0 Å². The largest absolute Gasteiger partial charge is 0.338 e. The number of nitrogens with zero attached hydrogens (tertiary/aromatic N) is 5. The Kier molecular flexibility index (Phi) is 7.87. The van der Waals surface area contributed by atoms with Crippen LogP contribution in [-0.4, -0.2) is 24.1 Å². The van der Waals surface area contributed by atoms with Crippen molar-refractivity contribution in [1.82, 2.24) is 24.1 Å². The van der Waals surface area contributed by atoms with Gasteiger partial charge in [0, 0.05) is 16.7 Å². The summed E-state index contributed by atoms with van der Waals surface area (Å²) in [6.45, 7) is 0. The molecule has 0 radical (unpaired) electrons. The van der Waals surface area contributed by atoms with Gasteiger partial charge in [-0.1, -0.05) is 152 Å². The van der Waals surface area contributed by atoms with Crippen molar-refractivity contribution in [3.05, 3.63) is 199 Å². The number of fused-ring (bicyclic) bond motifs is 1. The Labute approximate surface area is 300 Å². The minimum Gasteiger partial charge on any atom is -0.260 e. The highest BCUT2D eigenvalue weighted by Crippen LogP contribution is 2.33. The maximum absolute atomic E-state index is 14.0. The van der Waals surface area contributed by atoms with Crippen LogP contribution in [0, 0.1) is 0 Å². The fourth-order valence-electron chi connectivity index (χ4n) is 6.73. The molecule has 9 aromatic rings. The van der Waals surface area contributed by atoms with E-state index >= 15 is 0 Å². The molecule has 0 aliphatic heterocycles. The van der Waals surface area contributed by atoms with E-state index < -0.39 is 0 Å². The first-order chi connectivity index (χ1) is 25.7. The molecule has 2 aromatic heterocycles. The van der Waals surface area contributed by atoms with Crippen LogP contribution in [-0.2, 0) is 0 Å². The summed E-state index contributed by atoms with van der Waals surface area (Å²) in [6, 6.07) is 62.5. The first kappa shape index (κ1) is 30.8. The lowest BCUT2D eigenvalue weighted by Gasteiger charge is -2.12. The molecule has 0 aliphatic carbocycles. The molecule has 52 heavy (non-hydrogen) atoms. The molecule has 0 saturated carbocycles. The zero-order chi connectivity index (χ0) is 34.9. The summed E-state index contributed by atoms with van der Waals surface area (Å²) in [5.41, 5.74) is 10.1. The minimum atomic E-state index is -0.117. The zero-order valence-electron chi connectivity index (χ0n) is 28.0. The third-order valence-electron chi connectivity index (χ3n) is 9.27. The van der Waals surface area contributed by atoms with Gasteiger partial charge < -0.3 is 0 Å². The van der Waals surface area contributed by atoms with E-state index in [2.05, 4.69) is 60.7 Å². The fourth-order valence-corrected chi connectivity index (χ4v) is 6.73. The van der Waals surface area contributed by atoms with E-state index in [-0.39, 0.29) is 5.69 Å². The minimum absolute atomic E-state index is 0.117. The SMILES string of the molecule is O=c1n(-c2ccccc2)c2ccc(-c3ccc(-c4nc(-c5ccccc5)nc(-c5ccccc5-c5ccccc5)n4)cc3)cc2n1-c1ccccc1. The summed E-state index contributed by atoms with van der Waals surface area (Å²) in [5.74, 6) is 1.81. The Balaban J connectivity index is 1.15. The van der Waals surface area contributed by atoms with Gasteiger partial charge in [-0.25, -0.2) is 19.7 Å². The molecular weight excluding hydrogens is 639 g/mol. The average Bonchev–Trinajstić information content (AvgIpc) is 3.52. The van der Waals surface area contributed by atoms with E-state index in [1.54, 1.807) is 9.13 Å². The summed E-state index contributed by atoms with van der Waals surface area (Å²) in [7, 11) is 0. The first-order valence-corrected chi connectivity index (χ1v) is 17.2. The van der Waals surface area contributed by atoms with Crippen LogP contribution >= 0.6 is 0 Å². The van der Waals surface area contributed by atoms with E-state index in [4.69, 9.17) is 15.0 Å². The number of imidazole rings is 1. The number of rotatable bonds is 7. The van der Waals surface area contributed by atoms with Gasteiger partial charge in [-0.2, -0.15) is 0 Å². The van der Waals surface area contributed by atoms with E-state index in [0.717, 1.165) is 61.4 Å². The molecular formula is C46H31N5O. The molecule has 9 rings (SSSR count). The number of hydrogen-bond acceptors (Lipinski definition) is 4. The van der Waals surface area contributed by atoms with Crippen LogP contribution in [0.3, 0.4) is 0 Å². The number of benzene rings is 7. The van der Waals surface area contributed by atoms with Crippen molar-refractivity contribution < 1.29 is 0 Å². The van der Waals surface area contributed by atoms with Gasteiger partial charge in [0.1, 0.15) is 0 Å². The summed E-state index contributed by atoms with van der Waals surface area (Å²) < 4.78 is 3.55. The fraction of sp³-hybridized carbons (Fsp3) is 0. The second-order valence-electron chi connectivity index (χ2n) is 12.5. The molecule has 0 amide bonds. The molecule has 0 N–H and O–H groups in total. The van der Waals surface area contributed by atoms with E-state index in [0.29, 0.717) is 17.5 Å². The van der Waals surface area contributed by atoms with Gasteiger partial charge in [-0.05, 0) is 58.7 Å². The van der Waals surface area contributed by atoms with Gasteiger partial charge in [0.2, 0.25) is 0 Å². The van der Waals surface area contributed by atoms with Crippen LogP contribution in [0.4, 0.5) is 0 Å². The summed E-state index contributed by atoms with van der Waals surface area (Å²) >= 11 is 0. The van der Waals surface area contributed by atoms with Gasteiger partial charge >= 0.3 is 5.69 Å². The van der Waals surface area contributed by atoms with Crippen molar-refractivity contribution in [2.24, 2.45) is 0 Å². The smallest absolute Gasteiger partial charge is 0.260 e. The lowest BCUT2D eigenvalue weighted by molar-refractivity contribution is 0.931. The number of hydrogen-bond donors (Lipinski definition) is 0. The molecule has 6 nitrogen and oxygen atoms in total. The second-order valence-corrected chi connectivity index (χ2v) is 12.5. The normalized spacial score (nSPS) is 11.2. The van der Waals surface area contributed by atoms with Gasteiger partial charge in [-0.3, -0.25) is 9.13 Å². The number of para-hydroxylation sites is 2. The van der Waals surface area contributed by atoms with Gasteiger partial charge in [0.05, 0.1) is 22.4 Å². The van der Waals surface area contributed by atoms with Crippen LogP contribution in [0.5, 0.6) is 0 Å². The average molecular weight is 670 g/mol. The molecule has 0 fully saturated rings. The molecule has 7 aromatic carbocycles. The van der Waals surface area contributed by atoms with Crippen LogP contribution in [0.2, 0.25) is 0 Å². The Morgan fingerprint density at radius 3 is 1.35 bits per heavy atom. The molecule has 2 heterocycles. The van der Waals surface area contributed by atoms with Crippen molar-refractivity contribution in [3.63, 3.8) is 0 Å². The predicted molar refractivity (Wildman–Crippen MR) is 209 cm³/mol. The van der Waals surface area contributed by atoms with Crippen LogP contribution < -0.4 is 5.69 Å². The van der Waals surface area contributed by atoms with E-state index in [9.17, 15) is 4.79 Å². The highest BCUT2D eigenvalue weighted by atomic mass is 16.1. The third kappa shape index (κ3) is 5.68. The van der Waals surface area contributed by atoms with Crippen molar-refractivity contribution in [2.75, 3.05) is 0 Å². The third-order valence-corrected chi connectivity index (χ3v) is 9.27. The molecule has 0 bridgehead atoms. The van der Waals surface area contributed by atoms with Gasteiger partial charge in [0.25, 0.3) is 0 Å². The molecule has 6 heteroatoms. The lowest BCUT2D eigenvalue weighted by atomic mass is 9.99. The first-order valence-electron chi connectivity index (χ1n) is 17.2. The molecule has 0 atom stereocenters. The molecule has 0 spiro atoms. The highest BCUT2D eigenvalue weighted by Gasteiger charge is 2.18. The van der Waals surface area contributed by atoms with Crippen molar-refractivity contribution in [2.45, 2.75) is 0 Å².